The molecule has 0 N–H and O–H groups in total. The minimum atomic E-state index is 0.0530. The standard InChI is InChI=1S/C19H25N5OS/c1-3-4-17-21-13(2)7-18(22-17)23-8-14-5-6-16(10-23)24(19(14)25)9-15-11-26-12-20-15/h7,11-12,14,16H,3-6,8-10H2,1-2H3/t14-,16+/m1/s1. The highest BCUT2D eigenvalue weighted by Gasteiger charge is 2.41. The van der Waals surface area contributed by atoms with E-state index in [1.165, 1.54) is 0 Å². The Hall–Kier alpha value is -2.02. The quantitative estimate of drug-likeness (QED) is 0.809. The van der Waals surface area contributed by atoms with Gasteiger partial charge in [-0.05, 0) is 26.2 Å². The van der Waals surface area contributed by atoms with Crippen molar-refractivity contribution >= 4 is 23.1 Å². The second-order valence-corrected chi connectivity index (χ2v) is 8.03. The van der Waals surface area contributed by atoms with Gasteiger partial charge in [-0.2, -0.15) is 0 Å². The third-order valence-corrected chi connectivity index (χ3v) is 5.93. The summed E-state index contributed by atoms with van der Waals surface area (Å²) in [5.41, 5.74) is 3.83. The third kappa shape index (κ3) is 3.45. The van der Waals surface area contributed by atoms with Gasteiger partial charge in [0.1, 0.15) is 11.6 Å². The molecule has 0 radical (unpaired) electrons. The van der Waals surface area contributed by atoms with E-state index >= 15 is 0 Å². The maximum absolute atomic E-state index is 13.0. The zero-order valence-corrected chi connectivity index (χ0v) is 16.2. The fourth-order valence-corrected chi connectivity index (χ4v) is 4.58. The van der Waals surface area contributed by atoms with E-state index in [-0.39, 0.29) is 17.9 Å². The maximum Gasteiger partial charge on any atom is 0.228 e. The summed E-state index contributed by atoms with van der Waals surface area (Å²) in [5.74, 6) is 2.21. The number of piperidine rings is 1. The average molecular weight is 372 g/mol. The van der Waals surface area contributed by atoms with Crippen LogP contribution in [0.25, 0.3) is 0 Å². The first-order chi connectivity index (χ1) is 12.6. The molecule has 0 spiro atoms. The van der Waals surface area contributed by atoms with E-state index in [1.54, 1.807) is 11.3 Å². The van der Waals surface area contributed by atoms with Gasteiger partial charge in [0.25, 0.3) is 0 Å². The zero-order chi connectivity index (χ0) is 18.1. The Labute approximate surface area is 158 Å². The number of aryl methyl sites for hydroxylation is 2. The topological polar surface area (TPSA) is 62.2 Å². The van der Waals surface area contributed by atoms with Gasteiger partial charge >= 0.3 is 0 Å². The molecule has 26 heavy (non-hydrogen) atoms. The van der Waals surface area contributed by atoms with Gasteiger partial charge < -0.3 is 9.80 Å². The van der Waals surface area contributed by atoms with Gasteiger partial charge in [-0.25, -0.2) is 15.0 Å². The SMILES string of the molecule is CCCc1nc(C)cc(N2C[C@H]3CC[C@@H](C2)N(Cc2cscn2)C3=O)n1. The van der Waals surface area contributed by atoms with Gasteiger partial charge in [0.15, 0.2) is 0 Å². The number of fused-ring (bicyclic) bond motifs is 4. The molecular weight excluding hydrogens is 346 g/mol. The fourth-order valence-electron chi connectivity index (χ4n) is 4.04. The maximum atomic E-state index is 13.0. The Bertz CT molecular complexity index is 778. The van der Waals surface area contributed by atoms with Crippen LogP contribution in [0.1, 0.15) is 43.4 Å². The van der Waals surface area contributed by atoms with Crippen LogP contribution in [0.5, 0.6) is 0 Å². The first-order valence-electron chi connectivity index (χ1n) is 9.41. The summed E-state index contributed by atoms with van der Waals surface area (Å²) < 4.78 is 0. The lowest BCUT2D eigenvalue weighted by molar-refractivity contribution is -0.140. The van der Waals surface area contributed by atoms with Gasteiger partial charge in [-0.3, -0.25) is 4.79 Å². The van der Waals surface area contributed by atoms with Crippen LogP contribution in [-0.4, -0.2) is 44.9 Å². The van der Waals surface area contributed by atoms with Gasteiger partial charge in [0, 0.05) is 42.7 Å². The molecule has 0 aliphatic carbocycles. The van der Waals surface area contributed by atoms with Crippen LogP contribution in [0.2, 0.25) is 0 Å². The fraction of sp³-hybridized carbons (Fsp3) is 0.579. The highest BCUT2D eigenvalue weighted by Crippen LogP contribution is 2.32. The molecule has 0 aromatic carbocycles. The summed E-state index contributed by atoms with van der Waals surface area (Å²) in [6, 6.07) is 2.28. The van der Waals surface area contributed by atoms with Crippen molar-refractivity contribution in [2.75, 3.05) is 18.0 Å². The van der Waals surface area contributed by atoms with Crippen LogP contribution < -0.4 is 4.90 Å². The zero-order valence-electron chi connectivity index (χ0n) is 15.4. The van der Waals surface area contributed by atoms with Crippen LogP contribution in [-0.2, 0) is 17.8 Å². The summed E-state index contributed by atoms with van der Waals surface area (Å²) in [6.45, 7) is 6.39. The molecule has 2 atom stereocenters. The highest BCUT2D eigenvalue weighted by atomic mass is 32.1. The van der Waals surface area contributed by atoms with Crippen molar-refractivity contribution in [3.05, 3.63) is 34.2 Å². The van der Waals surface area contributed by atoms with E-state index in [0.29, 0.717) is 6.54 Å². The number of amides is 1. The number of anilines is 1. The van der Waals surface area contributed by atoms with Gasteiger partial charge in [-0.1, -0.05) is 6.92 Å². The normalized spacial score (nSPS) is 22.8. The van der Waals surface area contributed by atoms with Crippen LogP contribution in [0.15, 0.2) is 17.0 Å². The van der Waals surface area contributed by atoms with E-state index in [9.17, 15) is 4.79 Å². The van der Waals surface area contributed by atoms with E-state index in [2.05, 4.69) is 27.9 Å². The Morgan fingerprint density at radius 3 is 2.92 bits per heavy atom. The number of thiazole rings is 1. The van der Waals surface area contributed by atoms with Crippen LogP contribution in [0.3, 0.4) is 0 Å². The predicted octanol–water partition coefficient (Wildman–Crippen LogP) is 2.82. The number of aromatic nitrogens is 3. The van der Waals surface area contributed by atoms with Crippen molar-refractivity contribution in [1.29, 1.82) is 0 Å². The molecule has 3 fully saturated rings. The second-order valence-electron chi connectivity index (χ2n) is 7.31. The molecule has 2 aromatic heterocycles. The van der Waals surface area contributed by atoms with Crippen molar-refractivity contribution in [3.8, 4) is 0 Å². The van der Waals surface area contributed by atoms with Crippen LogP contribution >= 0.6 is 11.3 Å². The molecule has 2 aromatic rings. The molecule has 3 aliphatic rings. The molecule has 1 amide bonds. The number of nitrogens with zero attached hydrogens (tertiary/aromatic N) is 5. The monoisotopic (exact) mass is 371 g/mol. The number of hydrogen-bond donors (Lipinski definition) is 0. The van der Waals surface area contributed by atoms with Crippen molar-refractivity contribution in [2.24, 2.45) is 5.92 Å². The molecule has 5 heterocycles. The summed E-state index contributed by atoms with van der Waals surface area (Å²) in [6.07, 6.45) is 3.96. The highest BCUT2D eigenvalue weighted by molar-refractivity contribution is 7.07. The molecular formula is C19H25N5OS. The summed E-state index contributed by atoms with van der Waals surface area (Å²) >= 11 is 1.58. The lowest BCUT2D eigenvalue weighted by atomic mass is 9.94. The molecule has 6 nitrogen and oxygen atoms in total. The van der Waals surface area contributed by atoms with Crippen LogP contribution in [0, 0.1) is 12.8 Å². The smallest absolute Gasteiger partial charge is 0.228 e. The van der Waals surface area contributed by atoms with Crippen LogP contribution in [0.4, 0.5) is 5.82 Å². The molecule has 3 aliphatic heterocycles. The minimum absolute atomic E-state index is 0.0530. The number of hydrogen-bond acceptors (Lipinski definition) is 6. The molecule has 0 saturated carbocycles. The Morgan fingerprint density at radius 1 is 1.27 bits per heavy atom. The lowest BCUT2D eigenvalue weighted by Crippen LogP contribution is -2.47. The van der Waals surface area contributed by atoms with Crippen molar-refractivity contribution in [1.82, 2.24) is 19.9 Å². The average Bonchev–Trinajstić information content (AvgIpc) is 2.97. The Morgan fingerprint density at radius 2 is 2.15 bits per heavy atom. The van der Waals surface area contributed by atoms with Gasteiger partial charge in [-0.15, -0.1) is 11.3 Å². The summed E-state index contributed by atoms with van der Waals surface area (Å²) in [7, 11) is 0. The van der Waals surface area contributed by atoms with E-state index in [4.69, 9.17) is 4.98 Å². The minimum Gasteiger partial charge on any atom is -0.354 e. The van der Waals surface area contributed by atoms with Gasteiger partial charge in [0.05, 0.1) is 23.7 Å². The van der Waals surface area contributed by atoms with E-state index < -0.39 is 0 Å². The Kier molecular flexibility index (Phi) is 4.89. The van der Waals surface area contributed by atoms with Crippen molar-refractivity contribution < 1.29 is 4.79 Å². The predicted molar refractivity (Wildman–Crippen MR) is 102 cm³/mol. The molecule has 5 rings (SSSR count). The molecule has 0 unspecified atom stereocenters. The molecule has 7 heteroatoms. The third-order valence-electron chi connectivity index (χ3n) is 5.29. The largest absolute Gasteiger partial charge is 0.354 e. The second kappa shape index (κ2) is 7.31. The number of rotatable bonds is 5. The summed E-state index contributed by atoms with van der Waals surface area (Å²) in [4.78, 5) is 31.0. The molecule has 2 bridgehead atoms. The van der Waals surface area contributed by atoms with Crippen molar-refractivity contribution in [2.45, 2.75) is 52.1 Å². The first kappa shape index (κ1) is 17.4. The summed E-state index contributed by atoms with van der Waals surface area (Å²) in [5, 5.41) is 2.04. The number of carbonyl (C=O) groups excluding carboxylic acids is 1. The van der Waals surface area contributed by atoms with Gasteiger partial charge in [0.2, 0.25) is 5.91 Å². The molecule has 3 saturated heterocycles. The number of carbonyl (C=O) groups is 1. The lowest BCUT2D eigenvalue weighted by Gasteiger charge is -2.35. The van der Waals surface area contributed by atoms with Crippen molar-refractivity contribution in [3.63, 3.8) is 0 Å². The molecule has 138 valence electrons. The first-order valence-corrected chi connectivity index (χ1v) is 10.4. The Balaban J connectivity index is 1.59. The van der Waals surface area contributed by atoms with E-state index in [0.717, 1.165) is 61.8 Å². The van der Waals surface area contributed by atoms with E-state index in [1.807, 2.05) is 22.7 Å².